The lowest BCUT2D eigenvalue weighted by molar-refractivity contribution is -0.115. The van der Waals surface area contributed by atoms with E-state index in [2.05, 4.69) is 46.6 Å². The van der Waals surface area contributed by atoms with Gasteiger partial charge in [0.25, 0.3) is 5.91 Å². The molecule has 1 aliphatic rings. The zero-order valence-electron chi connectivity index (χ0n) is 15.5. The van der Waals surface area contributed by atoms with E-state index in [1.165, 1.54) is 11.1 Å². The van der Waals surface area contributed by atoms with Crippen molar-refractivity contribution in [1.29, 1.82) is 0 Å². The van der Waals surface area contributed by atoms with Crippen LogP contribution in [-0.4, -0.2) is 37.2 Å². The molecule has 0 saturated carbocycles. The minimum absolute atomic E-state index is 0.104. The zero-order chi connectivity index (χ0) is 18.5. The Morgan fingerprint density at radius 3 is 2.54 bits per heavy atom. The van der Waals surface area contributed by atoms with Crippen LogP contribution in [0.2, 0.25) is 0 Å². The van der Waals surface area contributed by atoms with Gasteiger partial charge in [-0.3, -0.25) is 4.79 Å². The van der Waals surface area contributed by atoms with Gasteiger partial charge >= 0.3 is 0 Å². The van der Waals surface area contributed by atoms with Crippen molar-refractivity contribution in [3.8, 4) is 0 Å². The summed E-state index contributed by atoms with van der Waals surface area (Å²) in [6, 6.07) is 18.3. The van der Waals surface area contributed by atoms with Gasteiger partial charge < -0.3 is 15.1 Å². The number of likely N-dealkylation sites (N-methyl/N-ethyl adjacent to an activating group) is 1. The summed E-state index contributed by atoms with van der Waals surface area (Å²) in [5, 5.41) is 6.99. The van der Waals surface area contributed by atoms with Crippen molar-refractivity contribution in [3.05, 3.63) is 71.3 Å². The highest BCUT2D eigenvalue weighted by molar-refractivity contribution is 6.39. The van der Waals surface area contributed by atoms with Gasteiger partial charge in [-0.1, -0.05) is 65.3 Å². The van der Waals surface area contributed by atoms with Gasteiger partial charge in [-0.25, -0.2) is 0 Å². The van der Waals surface area contributed by atoms with E-state index in [-0.39, 0.29) is 18.1 Å². The molecule has 0 aromatic heterocycles. The van der Waals surface area contributed by atoms with E-state index in [0.717, 1.165) is 5.56 Å². The van der Waals surface area contributed by atoms with Gasteiger partial charge in [-0.2, -0.15) is 0 Å². The topological polar surface area (TPSA) is 53.9 Å². The van der Waals surface area contributed by atoms with Gasteiger partial charge in [0.1, 0.15) is 5.71 Å². The number of nitrogens with zero attached hydrogens (tertiary/aromatic N) is 2. The predicted molar refractivity (Wildman–Crippen MR) is 103 cm³/mol. The second kappa shape index (κ2) is 8.15. The highest BCUT2D eigenvalue weighted by atomic mass is 16.6. The molecule has 0 saturated heterocycles. The molecule has 2 unspecified atom stereocenters. The number of nitrogens with one attached hydrogen (secondary N) is 1. The van der Waals surface area contributed by atoms with Crippen LogP contribution in [0.1, 0.15) is 35.3 Å². The molecule has 2 aromatic carbocycles. The Bertz CT molecular complexity index is 770. The maximum atomic E-state index is 12.5. The van der Waals surface area contributed by atoms with Crippen LogP contribution < -0.4 is 5.32 Å². The monoisotopic (exact) mass is 351 g/mol. The summed E-state index contributed by atoms with van der Waals surface area (Å²) in [6.07, 6.45) is 0.311. The normalized spacial score (nSPS) is 17.5. The molecule has 2 aromatic rings. The SMILES string of the molecule is Cc1ccc(C(CNC(=O)C2=NOC(c3ccccc3)C2)N(C)C)cc1. The van der Waals surface area contributed by atoms with Crippen molar-refractivity contribution in [2.24, 2.45) is 5.16 Å². The van der Waals surface area contributed by atoms with Crippen LogP contribution >= 0.6 is 0 Å². The Morgan fingerprint density at radius 2 is 1.88 bits per heavy atom. The van der Waals surface area contributed by atoms with Crippen molar-refractivity contribution < 1.29 is 9.63 Å². The summed E-state index contributed by atoms with van der Waals surface area (Å²) >= 11 is 0. The Morgan fingerprint density at radius 1 is 1.19 bits per heavy atom. The fourth-order valence-electron chi connectivity index (χ4n) is 3.04. The average Bonchev–Trinajstić information content (AvgIpc) is 3.14. The number of benzene rings is 2. The molecular weight excluding hydrogens is 326 g/mol. The number of oxime groups is 1. The molecule has 0 aliphatic carbocycles. The van der Waals surface area contributed by atoms with Gasteiger partial charge in [0.2, 0.25) is 0 Å². The fourth-order valence-corrected chi connectivity index (χ4v) is 3.04. The molecule has 1 aliphatic heterocycles. The third-order valence-electron chi connectivity index (χ3n) is 4.64. The molecule has 1 amide bonds. The second-order valence-corrected chi connectivity index (χ2v) is 6.85. The predicted octanol–water partition coefficient (Wildman–Crippen LogP) is 3.23. The molecule has 5 nitrogen and oxygen atoms in total. The van der Waals surface area contributed by atoms with E-state index in [9.17, 15) is 4.79 Å². The summed E-state index contributed by atoms with van der Waals surface area (Å²) in [6.45, 7) is 2.58. The number of carbonyl (C=O) groups excluding carboxylic acids is 1. The minimum atomic E-state index is -0.182. The molecule has 0 fully saturated rings. The van der Waals surface area contributed by atoms with Crippen LogP contribution in [0.15, 0.2) is 59.8 Å². The quantitative estimate of drug-likeness (QED) is 0.869. The number of aryl methyl sites for hydroxylation is 1. The van der Waals surface area contributed by atoms with Crippen LogP contribution in [0.4, 0.5) is 0 Å². The lowest BCUT2D eigenvalue weighted by atomic mass is 10.0. The maximum absolute atomic E-state index is 12.5. The van der Waals surface area contributed by atoms with Gasteiger partial charge in [-0.15, -0.1) is 0 Å². The van der Waals surface area contributed by atoms with E-state index in [1.54, 1.807) is 0 Å². The van der Waals surface area contributed by atoms with Crippen LogP contribution in [0, 0.1) is 6.92 Å². The molecule has 3 rings (SSSR count). The molecule has 0 radical (unpaired) electrons. The first-order chi connectivity index (χ1) is 12.5. The molecule has 0 bridgehead atoms. The van der Waals surface area contributed by atoms with Crippen LogP contribution in [0.25, 0.3) is 0 Å². The summed E-state index contributed by atoms with van der Waals surface area (Å²) in [5.74, 6) is -0.164. The fraction of sp³-hybridized carbons (Fsp3) is 0.333. The molecule has 5 heteroatoms. The number of carbonyl (C=O) groups is 1. The number of rotatable bonds is 6. The van der Waals surface area contributed by atoms with Crippen molar-refractivity contribution in [2.45, 2.75) is 25.5 Å². The largest absolute Gasteiger partial charge is 0.387 e. The first-order valence-corrected chi connectivity index (χ1v) is 8.83. The first-order valence-electron chi connectivity index (χ1n) is 8.83. The lowest BCUT2D eigenvalue weighted by Crippen LogP contribution is -2.37. The molecule has 1 N–H and O–H groups in total. The third kappa shape index (κ3) is 4.29. The molecule has 2 atom stereocenters. The molecule has 26 heavy (non-hydrogen) atoms. The average molecular weight is 351 g/mol. The van der Waals surface area contributed by atoms with E-state index in [4.69, 9.17) is 4.84 Å². The van der Waals surface area contributed by atoms with Crippen molar-refractivity contribution in [3.63, 3.8) is 0 Å². The first kappa shape index (κ1) is 18.1. The van der Waals surface area contributed by atoms with Crippen LogP contribution in [0.5, 0.6) is 0 Å². The van der Waals surface area contributed by atoms with E-state index < -0.39 is 0 Å². The summed E-state index contributed by atoms with van der Waals surface area (Å²) in [5.41, 5.74) is 3.87. The van der Waals surface area contributed by atoms with E-state index in [0.29, 0.717) is 18.7 Å². The number of hydrogen-bond acceptors (Lipinski definition) is 4. The molecule has 0 spiro atoms. The Labute approximate surface area is 154 Å². The lowest BCUT2D eigenvalue weighted by Gasteiger charge is -2.25. The smallest absolute Gasteiger partial charge is 0.269 e. The number of hydrogen-bond donors (Lipinski definition) is 1. The van der Waals surface area contributed by atoms with Crippen molar-refractivity contribution in [2.75, 3.05) is 20.6 Å². The van der Waals surface area contributed by atoms with Gasteiger partial charge in [0.05, 0.1) is 6.04 Å². The summed E-state index contributed by atoms with van der Waals surface area (Å²) in [7, 11) is 4.02. The molecule has 1 heterocycles. The van der Waals surface area contributed by atoms with E-state index >= 15 is 0 Å². The Kier molecular flexibility index (Phi) is 5.68. The Balaban J connectivity index is 1.58. The van der Waals surface area contributed by atoms with Crippen LogP contribution in [0.3, 0.4) is 0 Å². The van der Waals surface area contributed by atoms with Gasteiger partial charge in [-0.05, 0) is 32.1 Å². The number of amides is 1. The summed E-state index contributed by atoms with van der Waals surface area (Å²) < 4.78 is 0. The zero-order valence-corrected chi connectivity index (χ0v) is 15.5. The Hall–Kier alpha value is -2.66. The summed E-state index contributed by atoms with van der Waals surface area (Å²) in [4.78, 5) is 20.0. The minimum Gasteiger partial charge on any atom is -0.387 e. The third-order valence-corrected chi connectivity index (χ3v) is 4.64. The van der Waals surface area contributed by atoms with Gasteiger partial charge in [0, 0.05) is 13.0 Å². The van der Waals surface area contributed by atoms with Crippen LogP contribution in [-0.2, 0) is 9.63 Å². The maximum Gasteiger partial charge on any atom is 0.269 e. The van der Waals surface area contributed by atoms with Crippen molar-refractivity contribution in [1.82, 2.24) is 10.2 Å². The molecular formula is C21H25N3O2. The highest BCUT2D eigenvalue weighted by Crippen LogP contribution is 2.27. The van der Waals surface area contributed by atoms with Crippen molar-refractivity contribution >= 4 is 11.6 Å². The van der Waals surface area contributed by atoms with Gasteiger partial charge in [0.15, 0.2) is 6.10 Å². The highest BCUT2D eigenvalue weighted by Gasteiger charge is 2.27. The molecule has 136 valence electrons. The van der Waals surface area contributed by atoms with E-state index in [1.807, 2.05) is 44.4 Å². The standard InChI is InChI=1S/C21H25N3O2/c1-15-9-11-16(12-10-15)19(24(2)3)14-22-21(25)18-13-20(26-23-18)17-7-5-4-6-8-17/h4-12,19-20H,13-14H2,1-3H3,(H,22,25). The second-order valence-electron chi connectivity index (χ2n) is 6.85.